The summed E-state index contributed by atoms with van der Waals surface area (Å²) in [6, 6.07) is 5.03. The zero-order chi connectivity index (χ0) is 18.8. The first-order valence-corrected chi connectivity index (χ1v) is 7.84. The molecular weight excluding hydrogens is 356 g/mol. The minimum absolute atomic E-state index is 0.120. The molecule has 0 unspecified atom stereocenters. The molecule has 0 aromatic carbocycles. The second-order valence-electron chi connectivity index (χ2n) is 5.66. The molecule has 0 N–H and O–H groups in total. The molecule has 0 aliphatic carbocycles. The highest BCUT2D eigenvalue weighted by molar-refractivity contribution is 6.02. The predicted octanol–water partition coefficient (Wildman–Crippen LogP) is 3.02. The largest absolute Gasteiger partial charge is 0.454 e. The lowest BCUT2D eigenvalue weighted by Gasteiger charge is -2.09. The minimum atomic E-state index is -0.550. The van der Waals surface area contributed by atoms with Crippen LogP contribution in [0.25, 0.3) is 5.65 Å². The summed E-state index contributed by atoms with van der Waals surface area (Å²) in [6.45, 7) is 0. The van der Waals surface area contributed by atoms with Crippen molar-refractivity contribution in [3.63, 3.8) is 0 Å². The number of halogens is 2. The maximum atomic E-state index is 13.3. The van der Waals surface area contributed by atoms with Gasteiger partial charge in [0.1, 0.15) is 29.5 Å². The van der Waals surface area contributed by atoms with Crippen LogP contribution in [0.3, 0.4) is 0 Å². The van der Waals surface area contributed by atoms with Gasteiger partial charge in [-0.1, -0.05) is 0 Å². The van der Waals surface area contributed by atoms with Gasteiger partial charge in [-0.2, -0.15) is 0 Å². The molecule has 0 amide bonds. The first-order valence-electron chi connectivity index (χ1n) is 7.84. The van der Waals surface area contributed by atoms with Gasteiger partial charge in [0, 0.05) is 12.3 Å². The third-order valence-corrected chi connectivity index (χ3v) is 3.70. The van der Waals surface area contributed by atoms with Crippen LogP contribution < -0.4 is 4.74 Å². The molecule has 4 rings (SSSR count). The van der Waals surface area contributed by atoms with E-state index in [1.54, 1.807) is 6.20 Å². The zero-order valence-electron chi connectivity index (χ0n) is 13.7. The molecule has 4 heterocycles. The smallest absolute Gasteiger partial charge is 0.172 e. The molecule has 0 aliphatic rings. The van der Waals surface area contributed by atoms with Gasteiger partial charge in [-0.05, 0) is 18.2 Å². The van der Waals surface area contributed by atoms with Crippen LogP contribution in [0.15, 0.2) is 55.4 Å². The van der Waals surface area contributed by atoms with Crippen molar-refractivity contribution in [2.24, 2.45) is 0 Å². The Labute approximate surface area is 151 Å². The molecule has 7 nitrogen and oxygen atoms in total. The summed E-state index contributed by atoms with van der Waals surface area (Å²) in [5.74, 6) is -0.922. The van der Waals surface area contributed by atoms with Crippen LogP contribution in [0.1, 0.15) is 16.1 Å². The first kappa shape index (κ1) is 16.7. The number of Topliss-reactive ketones (excluding diaryl/α,β-unsaturated/α-hetero) is 1. The Kier molecular flexibility index (Phi) is 4.25. The highest BCUT2D eigenvalue weighted by Gasteiger charge is 2.17. The van der Waals surface area contributed by atoms with Crippen molar-refractivity contribution in [2.45, 2.75) is 6.42 Å². The molecule has 0 saturated heterocycles. The van der Waals surface area contributed by atoms with E-state index in [-0.39, 0.29) is 29.3 Å². The number of fused-ring (bicyclic) bond motifs is 1. The van der Waals surface area contributed by atoms with Crippen LogP contribution in [-0.2, 0) is 6.42 Å². The van der Waals surface area contributed by atoms with Gasteiger partial charge in [-0.3, -0.25) is 19.2 Å². The van der Waals surface area contributed by atoms with Gasteiger partial charge < -0.3 is 4.74 Å². The average molecular weight is 367 g/mol. The first-order chi connectivity index (χ1) is 13.1. The van der Waals surface area contributed by atoms with Crippen LogP contribution in [0.5, 0.6) is 11.5 Å². The third kappa shape index (κ3) is 3.61. The second kappa shape index (κ2) is 6.87. The van der Waals surface area contributed by atoms with Gasteiger partial charge >= 0.3 is 0 Å². The number of carbonyl (C=O) groups excluding carboxylic acids is 1. The number of hydrogen-bond acceptors (Lipinski definition) is 6. The summed E-state index contributed by atoms with van der Waals surface area (Å²) in [4.78, 5) is 20.4. The summed E-state index contributed by atoms with van der Waals surface area (Å²) < 4.78 is 33.7. The van der Waals surface area contributed by atoms with Crippen molar-refractivity contribution < 1.29 is 18.3 Å². The third-order valence-electron chi connectivity index (χ3n) is 3.70. The molecule has 27 heavy (non-hydrogen) atoms. The molecule has 0 aliphatic heterocycles. The normalized spacial score (nSPS) is 10.9. The summed E-state index contributed by atoms with van der Waals surface area (Å²) in [5, 5.41) is 7.72. The number of carbonyl (C=O) groups is 1. The van der Waals surface area contributed by atoms with Crippen molar-refractivity contribution in [1.29, 1.82) is 0 Å². The molecule has 0 spiro atoms. The monoisotopic (exact) mass is 367 g/mol. The van der Waals surface area contributed by atoms with Crippen molar-refractivity contribution in [3.05, 3.63) is 78.3 Å². The number of aromatic nitrogens is 5. The summed E-state index contributed by atoms with van der Waals surface area (Å²) in [7, 11) is 0. The van der Waals surface area contributed by atoms with Gasteiger partial charge in [-0.25, -0.2) is 8.78 Å². The van der Waals surface area contributed by atoms with Crippen LogP contribution >= 0.6 is 0 Å². The highest BCUT2D eigenvalue weighted by Crippen LogP contribution is 2.24. The van der Waals surface area contributed by atoms with Crippen LogP contribution in [0.2, 0.25) is 0 Å². The molecule has 0 atom stereocenters. The Hall–Kier alpha value is -3.75. The molecule has 134 valence electrons. The maximum absolute atomic E-state index is 13.3. The Bertz CT molecular complexity index is 1150. The van der Waals surface area contributed by atoms with E-state index in [4.69, 9.17) is 4.74 Å². The summed E-state index contributed by atoms with van der Waals surface area (Å²) in [6.07, 6.45) is 6.53. The van der Waals surface area contributed by atoms with E-state index in [1.165, 1.54) is 47.4 Å². The Morgan fingerprint density at radius 3 is 2.81 bits per heavy atom. The van der Waals surface area contributed by atoms with Gasteiger partial charge in [0.15, 0.2) is 11.4 Å². The summed E-state index contributed by atoms with van der Waals surface area (Å²) >= 11 is 0. The molecule has 0 fully saturated rings. The van der Waals surface area contributed by atoms with E-state index in [0.717, 1.165) is 6.20 Å². The number of ketones is 1. The average Bonchev–Trinajstić information content (AvgIpc) is 3.09. The summed E-state index contributed by atoms with van der Waals surface area (Å²) in [5.41, 5.74) is 0.833. The molecule has 4 aromatic rings. The fourth-order valence-corrected chi connectivity index (χ4v) is 2.56. The van der Waals surface area contributed by atoms with E-state index in [2.05, 4.69) is 20.2 Å². The standard InChI is InChI=1S/C18H11F2N5O2/c19-11-1-2-22-13(3-11)5-17(26)16-6-15(9-25-10-23-24-18(16)25)27-14-4-12(20)7-21-8-14/h1-4,6-10H,5H2. The number of ether oxygens (including phenoxy) is 1. The fraction of sp³-hybridized carbons (Fsp3) is 0.0556. The molecule has 0 radical (unpaired) electrons. The predicted molar refractivity (Wildman–Crippen MR) is 89.5 cm³/mol. The number of nitrogens with zero attached hydrogens (tertiary/aromatic N) is 5. The van der Waals surface area contributed by atoms with Crippen molar-refractivity contribution >= 4 is 11.4 Å². The SMILES string of the molecule is O=C(Cc1cc(F)ccn1)c1cc(Oc2cncc(F)c2)cn2cnnc12. The van der Waals surface area contributed by atoms with Crippen LogP contribution in [0, 0.1) is 11.6 Å². The lowest BCUT2D eigenvalue weighted by molar-refractivity contribution is 0.0992. The topological polar surface area (TPSA) is 82.3 Å². The number of hydrogen-bond donors (Lipinski definition) is 0. The van der Waals surface area contributed by atoms with Crippen LogP contribution in [-0.4, -0.2) is 30.3 Å². The second-order valence-corrected chi connectivity index (χ2v) is 5.66. The number of rotatable bonds is 5. The van der Waals surface area contributed by atoms with Gasteiger partial charge in [0.2, 0.25) is 0 Å². The van der Waals surface area contributed by atoms with Crippen molar-refractivity contribution in [2.75, 3.05) is 0 Å². The van der Waals surface area contributed by atoms with Gasteiger partial charge in [-0.15, -0.1) is 10.2 Å². The van der Waals surface area contributed by atoms with Crippen LogP contribution in [0.4, 0.5) is 8.78 Å². The van der Waals surface area contributed by atoms with E-state index in [9.17, 15) is 13.6 Å². The maximum Gasteiger partial charge on any atom is 0.172 e. The molecule has 9 heteroatoms. The van der Waals surface area contributed by atoms with E-state index in [1.807, 2.05) is 0 Å². The van der Waals surface area contributed by atoms with E-state index >= 15 is 0 Å². The Balaban J connectivity index is 1.69. The lowest BCUT2D eigenvalue weighted by Crippen LogP contribution is -2.08. The number of pyridine rings is 3. The van der Waals surface area contributed by atoms with Gasteiger partial charge in [0.25, 0.3) is 0 Å². The zero-order valence-corrected chi connectivity index (χ0v) is 13.7. The quantitative estimate of drug-likeness (QED) is 0.504. The Morgan fingerprint density at radius 1 is 1.11 bits per heavy atom. The van der Waals surface area contributed by atoms with Gasteiger partial charge in [0.05, 0.1) is 36.3 Å². The van der Waals surface area contributed by atoms with E-state index in [0.29, 0.717) is 11.3 Å². The highest BCUT2D eigenvalue weighted by atomic mass is 19.1. The van der Waals surface area contributed by atoms with Crippen molar-refractivity contribution in [3.8, 4) is 11.5 Å². The molecule has 0 bridgehead atoms. The molecular formula is C18H11F2N5O2. The molecule has 0 saturated carbocycles. The molecule has 4 aromatic heterocycles. The van der Waals surface area contributed by atoms with Crippen molar-refractivity contribution in [1.82, 2.24) is 24.6 Å². The van der Waals surface area contributed by atoms with E-state index < -0.39 is 11.6 Å². The minimum Gasteiger partial charge on any atom is -0.454 e. The lowest BCUT2D eigenvalue weighted by atomic mass is 10.1. The Morgan fingerprint density at radius 2 is 2.00 bits per heavy atom. The fourth-order valence-electron chi connectivity index (χ4n) is 2.56.